The van der Waals surface area contributed by atoms with Crippen LogP contribution in [0.1, 0.15) is 31.4 Å². The van der Waals surface area contributed by atoms with Crippen LogP contribution in [0.5, 0.6) is 0 Å². The van der Waals surface area contributed by atoms with Crippen LogP contribution in [-0.4, -0.2) is 23.9 Å². The largest absolute Gasteiger partial charge is 0.405 e. The zero-order chi connectivity index (χ0) is 14.2. The fraction of sp³-hybridized carbons (Fsp3) is 0.538. The minimum atomic E-state index is -4.24. The van der Waals surface area contributed by atoms with Crippen LogP contribution in [0.25, 0.3) is 0 Å². The van der Waals surface area contributed by atoms with Crippen LogP contribution in [-0.2, 0) is 0 Å². The highest BCUT2D eigenvalue weighted by Gasteiger charge is 2.39. The SMILES string of the molecule is CC(O)c1cc(Br)ccc1N(CC(F)(F)F)C1CC1. The first-order chi connectivity index (χ1) is 8.78. The summed E-state index contributed by atoms with van der Waals surface area (Å²) in [5.41, 5.74) is 0.989. The van der Waals surface area contributed by atoms with Gasteiger partial charge in [-0.15, -0.1) is 0 Å². The van der Waals surface area contributed by atoms with Gasteiger partial charge < -0.3 is 10.0 Å². The van der Waals surface area contributed by atoms with E-state index in [4.69, 9.17) is 0 Å². The van der Waals surface area contributed by atoms with Gasteiger partial charge in [0, 0.05) is 21.8 Å². The maximum Gasteiger partial charge on any atom is 0.405 e. The van der Waals surface area contributed by atoms with E-state index in [1.165, 1.54) is 4.90 Å². The van der Waals surface area contributed by atoms with Crippen LogP contribution in [0, 0.1) is 0 Å². The molecule has 0 radical (unpaired) electrons. The Kier molecular flexibility index (Phi) is 4.11. The number of rotatable bonds is 4. The summed E-state index contributed by atoms with van der Waals surface area (Å²) in [4.78, 5) is 1.36. The quantitative estimate of drug-likeness (QED) is 0.896. The van der Waals surface area contributed by atoms with Crippen molar-refractivity contribution in [2.75, 3.05) is 11.4 Å². The Morgan fingerprint density at radius 1 is 1.42 bits per heavy atom. The highest BCUT2D eigenvalue weighted by Crippen LogP contribution is 2.38. The van der Waals surface area contributed by atoms with Crippen molar-refractivity contribution in [1.82, 2.24) is 0 Å². The lowest BCUT2D eigenvalue weighted by molar-refractivity contribution is -0.120. The third-order valence-corrected chi connectivity index (χ3v) is 3.58. The molecule has 0 aromatic heterocycles. The number of hydrogen-bond donors (Lipinski definition) is 1. The molecule has 1 unspecified atom stereocenters. The maximum absolute atomic E-state index is 12.7. The van der Waals surface area contributed by atoms with Gasteiger partial charge in [0.25, 0.3) is 0 Å². The van der Waals surface area contributed by atoms with Gasteiger partial charge in [0.1, 0.15) is 6.54 Å². The molecule has 2 nitrogen and oxygen atoms in total. The van der Waals surface area contributed by atoms with E-state index in [-0.39, 0.29) is 6.04 Å². The molecule has 0 aliphatic heterocycles. The Morgan fingerprint density at radius 2 is 2.05 bits per heavy atom. The highest BCUT2D eigenvalue weighted by atomic mass is 79.9. The summed E-state index contributed by atoms with van der Waals surface area (Å²) in [6.07, 6.45) is -3.51. The molecule has 1 fully saturated rings. The lowest BCUT2D eigenvalue weighted by Crippen LogP contribution is -2.36. The molecule has 1 aromatic rings. The summed E-state index contributed by atoms with van der Waals surface area (Å²) in [5.74, 6) is 0. The summed E-state index contributed by atoms with van der Waals surface area (Å²) < 4.78 is 38.8. The second kappa shape index (κ2) is 5.32. The lowest BCUT2D eigenvalue weighted by atomic mass is 10.1. The summed E-state index contributed by atoms with van der Waals surface area (Å²) in [7, 11) is 0. The summed E-state index contributed by atoms with van der Waals surface area (Å²) >= 11 is 3.28. The number of aliphatic hydroxyl groups is 1. The molecule has 0 spiro atoms. The van der Waals surface area contributed by atoms with E-state index in [2.05, 4.69) is 15.9 Å². The van der Waals surface area contributed by atoms with Gasteiger partial charge in [-0.1, -0.05) is 15.9 Å². The lowest BCUT2D eigenvalue weighted by Gasteiger charge is -2.29. The van der Waals surface area contributed by atoms with Crippen LogP contribution in [0.2, 0.25) is 0 Å². The van der Waals surface area contributed by atoms with Crippen LogP contribution >= 0.6 is 15.9 Å². The van der Waals surface area contributed by atoms with E-state index in [9.17, 15) is 18.3 Å². The summed E-state index contributed by atoms with van der Waals surface area (Å²) in [6, 6.07) is 4.94. The summed E-state index contributed by atoms with van der Waals surface area (Å²) in [6.45, 7) is 0.586. The van der Waals surface area contributed by atoms with Gasteiger partial charge in [-0.2, -0.15) is 13.2 Å². The average molecular weight is 338 g/mol. The number of benzene rings is 1. The van der Waals surface area contributed by atoms with Crippen molar-refractivity contribution in [3.05, 3.63) is 28.2 Å². The Balaban J connectivity index is 2.36. The zero-order valence-corrected chi connectivity index (χ0v) is 12.0. The van der Waals surface area contributed by atoms with Gasteiger partial charge in [-0.25, -0.2) is 0 Å². The second-order valence-corrected chi connectivity index (χ2v) is 5.77. The van der Waals surface area contributed by atoms with Gasteiger partial charge in [-0.3, -0.25) is 0 Å². The first-order valence-electron chi connectivity index (χ1n) is 6.09. The Labute approximate surface area is 118 Å². The minimum absolute atomic E-state index is 0.0692. The minimum Gasteiger partial charge on any atom is -0.389 e. The standard InChI is InChI=1S/C13H15BrF3NO/c1-8(19)11-6-9(14)2-5-12(11)18(10-3-4-10)7-13(15,16)17/h2,5-6,8,10,19H,3-4,7H2,1H3. The Hall–Kier alpha value is -0.750. The van der Waals surface area contributed by atoms with Crippen molar-refractivity contribution < 1.29 is 18.3 Å². The third-order valence-electron chi connectivity index (χ3n) is 3.09. The van der Waals surface area contributed by atoms with Crippen LogP contribution in [0.15, 0.2) is 22.7 Å². The predicted molar refractivity (Wildman–Crippen MR) is 71.2 cm³/mol. The molecule has 2 rings (SSSR count). The van der Waals surface area contributed by atoms with E-state index < -0.39 is 18.8 Å². The number of hydrogen-bond acceptors (Lipinski definition) is 2. The van der Waals surface area contributed by atoms with Crippen molar-refractivity contribution in [3.8, 4) is 0 Å². The molecule has 0 heterocycles. The monoisotopic (exact) mass is 337 g/mol. The zero-order valence-electron chi connectivity index (χ0n) is 10.4. The van der Waals surface area contributed by atoms with Crippen molar-refractivity contribution in [2.24, 2.45) is 0 Å². The Bertz CT molecular complexity index is 458. The predicted octanol–water partition coefficient (Wildman–Crippen LogP) is 4.03. The van der Waals surface area contributed by atoms with Gasteiger partial charge in [0.2, 0.25) is 0 Å². The van der Waals surface area contributed by atoms with Crippen molar-refractivity contribution in [1.29, 1.82) is 0 Å². The molecule has 1 atom stereocenters. The number of nitrogens with zero attached hydrogens (tertiary/aromatic N) is 1. The van der Waals surface area contributed by atoms with E-state index in [1.807, 2.05) is 0 Å². The topological polar surface area (TPSA) is 23.5 Å². The number of alkyl halides is 3. The molecule has 0 saturated heterocycles. The molecule has 1 N–H and O–H groups in total. The molecule has 0 amide bonds. The number of halogens is 4. The normalized spacial score (nSPS) is 17.4. The van der Waals surface area contributed by atoms with Crippen LogP contribution < -0.4 is 4.90 Å². The van der Waals surface area contributed by atoms with E-state index in [1.54, 1.807) is 25.1 Å². The van der Waals surface area contributed by atoms with E-state index in [0.29, 0.717) is 11.3 Å². The van der Waals surface area contributed by atoms with E-state index in [0.717, 1.165) is 17.3 Å². The van der Waals surface area contributed by atoms with Gasteiger partial charge >= 0.3 is 6.18 Å². The third kappa shape index (κ3) is 3.86. The van der Waals surface area contributed by atoms with Crippen molar-refractivity contribution >= 4 is 21.6 Å². The van der Waals surface area contributed by atoms with E-state index >= 15 is 0 Å². The van der Waals surface area contributed by atoms with Gasteiger partial charge in [0.15, 0.2) is 0 Å². The smallest absolute Gasteiger partial charge is 0.389 e. The fourth-order valence-electron chi connectivity index (χ4n) is 2.11. The first kappa shape index (κ1) is 14.7. The molecular weight excluding hydrogens is 323 g/mol. The van der Waals surface area contributed by atoms with Crippen LogP contribution in [0.3, 0.4) is 0 Å². The first-order valence-corrected chi connectivity index (χ1v) is 6.88. The fourth-order valence-corrected chi connectivity index (χ4v) is 2.49. The van der Waals surface area contributed by atoms with Crippen LogP contribution in [0.4, 0.5) is 18.9 Å². The molecule has 1 aliphatic carbocycles. The average Bonchev–Trinajstić information content (AvgIpc) is 3.08. The molecule has 106 valence electrons. The van der Waals surface area contributed by atoms with Gasteiger partial charge in [-0.05, 0) is 38.0 Å². The molecule has 19 heavy (non-hydrogen) atoms. The van der Waals surface area contributed by atoms with Crippen molar-refractivity contribution in [3.63, 3.8) is 0 Å². The molecule has 1 saturated carbocycles. The number of anilines is 1. The molecule has 0 bridgehead atoms. The maximum atomic E-state index is 12.7. The number of aliphatic hydroxyl groups excluding tert-OH is 1. The van der Waals surface area contributed by atoms with Crippen molar-refractivity contribution in [2.45, 2.75) is 38.1 Å². The summed E-state index contributed by atoms with van der Waals surface area (Å²) in [5, 5.41) is 9.75. The molecule has 1 aliphatic rings. The van der Waals surface area contributed by atoms with Gasteiger partial charge in [0.05, 0.1) is 6.10 Å². The second-order valence-electron chi connectivity index (χ2n) is 4.85. The molecular formula is C13H15BrF3NO. The molecule has 1 aromatic carbocycles. The molecule has 6 heteroatoms. The highest BCUT2D eigenvalue weighted by molar-refractivity contribution is 9.10. The Morgan fingerprint density at radius 3 is 2.53 bits per heavy atom.